The molecule has 2 aromatic carbocycles. The first-order valence-corrected chi connectivity index (χ1v) is 9.04. The molecule has 0 bridgehead atoms. The maximum Gasteiger partial charge on any atom is 0.378 e. The van der Waals surface area contributed by atoms with Crippen LogP contribution in [0.15, 0.2) is 82.1 Å². The summed E-state index contributed by atoms with van der Waals surface area (Å²) < 4.78 is 0. The van der Waals surface area contributed by atoms with E-state index in [-0.39, 0.29) is 5.70 Å². The fourth-order valence-corrected chi connectivity index (χ4v) is 3.11. The molecule has 0 amide bonds. The van der Waals surface area contributed by atoms with Crippen LogP contribution in [-0.4, -0.2) is 11.0 Å². The summed E-state index contributed by atoms with van der Waals surface area (Å²) in [6.45, 7) is 1.99. The first kappa shape index (κ1) is 17.1. The molecule has 0 saturated carbocycles. The number of hydrogen-bond acceptors (Lipinski definition) is 8. The lowest BCUT2D eigenvalue weighted by atomic mass is 10.2. The van der Waals surface area contributed by atoms with E-state index in [2.05, 4.69) is 20.8 Å². The Balaban J connectivity index is 1.53. The molecule has 4 rings (SSSR count). The topological polar surface area (TPSA) is 79.2 Å². The molecular formula is C19H15N5O2S. The number of nitrogens with zero attached hydrogens (tertiary/aromatic N) is 4. The van der Waals surface area contributed by atoms with Crippen LogP contribution in [0.2, 0.25) is 0 Å². The van der Waals surface area contributed by atoms with Gasteiger partial charge in [0.05, 0.1) is 17.6 Å². The third-order valence-electron chi connectivity index (χ3n) is 3.86. The molecule has 1 fully saturated rings. The van der Waals surface area contributed by atoms with Crippen molar-refractivity contribution in [1.82, 2.24) is 10.6 Å². The second-order valence-electron chi connectivity index (χ2n) is 5.76. The molecule has 0 atom stereocenters. The van der Waals surface area contributed by atoms with Crippen LogP contribution in [0.1, 0.15) is 5.56 Å². The second-order valence-corrected chi connectivity index (χ2v) is 6.60. The lowest BCUT2D eigenvalue weighted by molar-refractivity contribution is -0.140. The third-order valence-corrected chi connectivity index (χ3v) is 4.58. The highest BCUT2D eigenvalue weighted by Gasteiger charge is 2.29. The van der Waals surface area contributed by atoms with Crippen LogP contribution in [0.3, 0.4) is 0 Å². The van der Waals surface area contributed by atoms with Gasteiger partial charge in [0.2, 0.25) is 5.13 Å². The number of thiazole rings is 1. The number of aromatic nitrogens is 1. The maximum absolute atomic E-state index is 11.9. The van der Waals surface area contributed by atoms with Crippen LogP contribution in [0.25, 0.3) is 11.3 Å². The van der Waals surface area contributed by atoms with E-state index in [1.165, 1.54) is 22.5 Å². The van der Waals surface area contributed by atoms with Gasteiger partial charge in [0.15, 0.2) is 5.70 Å². The van der Waals surface area contributed by atoms with Crippen molar-refractivity contribution < 1.29 is 9.63 Å². The number of carbonyl (C=O) groups is 1. The Bertz CT molecular complexity index is 1010. The van der Waals surface area contributed by atoms with E-state index in [1.54, 1.807) is 0 Å². The minimum atomic E-state index is -0.529. The van der Waals surface area contributed by atoms with Crippen molar-refractivity contribution in [2.75, 3.05) is 5.01 Å². The van der Waals surface area contributed by atoms with Gasteiger partial charge in [-0.1, -0.05) is 53.6 Å². The predicted octanol–water partition coefficient (Wildman–Crippen LogP) is 4.53. The molecule has 1 aromatic heterocycles. The third kappa shape index (κ3) is 3.76. The zero-order chi connectivity index (χ0) is 18.6. The largest absolute Gasteiger partial charge is 0.378 e. The van der Waals surface area contributed by atoms with Gasteiger partial charge in [0, 0.05) is 10.9 Å². The molecule has 0 unspecified atom stereocenters. The van der Waals surface area contributed by atoms with Crippen molar-refractivity contribution in [2.45, 2.75) is 6.92 Å². The van der Waals surface area contributed by atoms with Crippen molar-refractivity contribution in [1.29, 1.82) is 0 Å². The molecule has 7 nitrogen and oxygen atoms in total. The van der Waals surface area contributed by atoms with Crippen LogP contribution < -0.4 is 10.6 Å². The number of hydrazine groups is 1. The van der Waals surface area contributed by atoms with E-state index >= 15 is 0 Å². The van der Waals surface area contributed by atoms with Gasteiger partial charge in [0.1, 0.15) is 0 Å². The summed E-state index contributed by atoms with van der Waals surface area (Å²) in [4.78, 5) is 21.3. The Morgan fingerprint density at radius 3 is 2.70 bits per heavy atom. The first-order chi connectivity index (χ1) is 13.2. The molecule has 134 valence electrons. The monoisotopic (exact) mass is 377 g/mol. The lowest BCUT2D eigenvalue weighted by Crippen LogP contribution is -2.28. The molecule has 2 heterocycles. The summed E-state index contributed by atoms with van der Waals surface area (Å²) in [5.74, 6) is -0.529. The fourth-order valence-electron chi connectivity index (χ4n) is 2.46. The Morgan fingerprint density at radius 1 is 1.15 bits per heavy atom. The van der Waals surface area contributed by atoms with Crippen LogP contribution in [0, 0.1) is 6.92 Å². The highest BCUT2D eigenvalue weighted by atomic mass is 32.1. The van der Waals surface area contributed by atoms with Crippen LogP contribution in [0.4, 0.5) is 10.8 Å². The van der Waals surface area contributed by atoms with Crippen molar-refractivity contribution >= 4 is 28.1 Å². The van der Waals surface area contributed by atoms with Gasteiger partial charge in [-0.05, 0) is 19.1 Å². The molecule has 1 saturated heterocycles. The van der Waals surface area contributed by atoms with Gasteiger partial charge in [-0.3, -0.25) is 0 Å². The van der Waals surface area contributed by atoms with Gasteiger partial charge < -0.3 is 4.84 Å². The van der Waals surface area contributed by atoms with E-state index < -0.39 is 5.97 Å². The fraction of sp³-hybridized carbons (Fsp3) is 0.0526. The molecule has 27 heavy (non-hydrogen) atoms. The predicted molar refractivity (Wildman–Crippen MR) is 103 cm³/mol. The van der Waals surface area contributed by atoms with Crippen molar-refractivity contribution in [3.63, 3.8) is 0 Å². The Hall–Kier alpha value is -3.36. The number of anilines is 1. The summed E-state index contributed by atoms with van der Waals surface area (Å²) in [7, 11) is 0. The Morgan fingerprint density at radius 2 is 1.93 bits per heavy atom. The smallest absolute Gasteiger partial charge is 0.345 e. The summed E-state index contributed by atoms with van der Waals surface area (Å²) >= 11 is 1.38. The summed E-state index contributed by atoms with van der Waals surface area (Å²) in [6.07, 6.45) is 1.35. The quantitative estimate of drug-likeness (QED) is 0.534. The molecule has 1 aliphatic heterocycles. The minimum Gasteiger partial charge on any atom is -0.345 e. The Labute approximate surface area is 159 Å². The molecule has 1 N–H and O–H groups in total. The summed E-state index contributed by atoms with van der Waals surface area (Å²) in [5, 5.41) is 12.0. The molecular weight excluding hydrogens is 362 g/mol. The average Bonchev–Trinajstić information content (AvgIpc) is 3.31. The first-order valence-electron chi connectivity index (χ1n) is 8.16. The lowest BCUT2D eigenvalue weighted by Gasteiger charge is -2.14. The zero-order valence-electron chi connectivity index (χ0n) is 14.4. The van der Waals surface area contributed by atoms with E-state index in [0.717, 1.165) is 22.5 Å². The van der Waals surface area contributed by atoms with E-state index in [1.807, 2.05) is 66.9 Å². The second kappa shape index (κ2) is 7.48. The van der Waals surface area contributed by atoms with Crippen molar-refractivity contribution in [2.24, 2.45) is 10.2 Å². The number of carbonyl (C=O) groups excluding carboxylic acids is 1. The van der Waals surface area contributed by atoms with Gasteiger partial charge in [-0.15, -0.1) is 16.5 Å². The normalized spacial score (nSPS) is 15.7. The van der Waals surface area contributed by atoms with Crippen LogP contribution in [0.5, 0.6) is 0 Å². The van der Waals surface area contributed by atoms with Gasteiger partial charge in [-0.2, -0.15) is 5.11 Å². The van der Waals surface area contributed by atoms with Crippen LogP contribution >= 0.6 is 11.3 Å². The van der Waals surface area contributed by atoms with E-state index in [0.29, 0.717) is 5.13 Å². The summed E-state index contributed by atoms with van der Waals surface area (Å²) in [6, 6.07) is 17.5. The molecule has 0 aliphatic carbocycles. The van der Waals surface area contributed by atoms with E-state index in [4.69, 9.17) is 4.84 Å². The SMILES string of the molecule is Cc1ccc(N2NOC(=O)/C2=C\N=Nc2nc(-c3ccccc3)cs2)cc1. The average molecular weight is 377 g/mol. The van der Waals surface area contributed by atoms with Crippen molar-refractivity contribution in [3.05, 3.63) is 77.4 Å². The Kier molecular flexibility index (Phi) is 4.73. The number of benzene rings is 2. The number of azo groups is 1. The standard InChI is InChI=1S/C19H15N5O2S/c1-13-7-9-15(10-8-13)24-17(18(25)26-23-24)11-20-22-19-21-16(12-27-19)14-5-3-2-4-6-14/h2-12,23H,1H3/b17-11+,22-20?. The van der Waals surface area contributed by atoms with Gasteiger partial charge >= 0.3 is 5.97 Å². The van der Waals surface area contributed by atoms with Crippen LogP contribution in [-0.2, 0) is 9.63 Å². The molecule has 3 aromatic rings. The molecule has 0 spiro atoms. The minimum absolute atomic E-state index is 0.238. The zero-order valence-corrected chi connectivity index (χ0v) is 15.2. The summed E-state index contributed by atoms with van der Waals surface area (Å²) in [5.41, 5.74) is 6.54. The number of hydrogen-bond donors (Lipinski definition) is 1. The number of nitrogens with one attached hydrogen (secondary N) is 1. The number of aryl methyl sites for hydroxylation is 1. The molecule has 0 radical (unpaired) electrons. The van der Waals surface area contributed by atoms with Gasteiger partial charge in [-0.25, -0.2) is 14.8 Å². The van der Waals surface area contributed by atoms with Gasteiger partial charge in [0.25, 0.3) is 0 Å². The van der Waals surface area contributed by atoms with Crippen molar-refractivity contribution in [3.8, 4) is 11.3 Å². The highest BCUT2D eigenvalue weighted by molar-refractivity contribution is 7.13. The maximum atomic E-state index is 11.9. The molecule has 1 aliphatic rings. The number of rotatable bonds is 4. The molecule has 8 heteroatoms. The highest BCUT2D eigenvalue weighted by Crippen LogP contribution is 2.27. The van der Waals surface area contributed by atoms with E-state index in [9.17, 15) is 4.79 Å².